The molecule has 2 aromatic carbocycles. The zero-order chi connectivity index (χ0) is 16.9. The molecule has 0 bridgehead atoms. The van der Waals surface area contributed by atoms with Gasteiger partial charge in [0.2, 0.25) is 5.91 Å². The van der Waals surface area contributed by atoms with Gasteiger partial charge in [0.05, 0.1) is 17.6 Å². The van der Waals surface area contributed by atoms with E-state index in [-0.39, 0.29) is 11.7 Å². The zero-order valence-corrected chi connectivity index (χ0v) is 14.6. The second kappa shape index (κ2) is 7.55. The molecule has 0 atom stereocenters. The lowest BCUT2D eigenvalue weighted by molar-refractivity contribution is -0.113. The number of aromatic amines is 1. The van der Waals surface area contributed by atoms with Crippen LogP contribution in [0.1, 0.15) is 5.56 Å². The van der Waals surface area contributed by atoms with E-state index in [1.165, 1.54) is 11.8 Å². The molecule has 0 radical (unpaired) electrons. The first-order valence-corrected chi connectivity index (χ1v) is 8.77. The van der Waals surface area contributed by atoms with E-state index in [0.717, 1.165) is 16.8 Å². The summed E-state index contributed by atoms with van der Waals surface area (Å²) in [6.45, 7) is 1.92. The highest BCUT2D eigenvalue weighted by Gasteiger charge is 2.08. The monoisotopic (exact) mass is 357 g/mol. The van der Waals surface area contributed by atoms with Gasteiger partial charge in [-0.25, -0.2) is 4.98 Å². The Kier molecular flexibility index (Phi) is 5.23. The smallest absolute Gasteiger partial charge is 0.234 e. The summed E-state index contributed by atoms with van der Waals surface area (Å²) in [7, 11) is 0. The van der Waals surface area contributed by atoms with Crippen LogP contribution in [-0.2, 0) is 4.79 Å². The molecule has 4 nitrogen and oxygen atoms in total. The number of thioether (sulfide) groups is 1. The van der Waals surface area contributed by atoms with Crippen molar-refractivity contribution in [1.29, 1.82) is 0 Å². The molecule has 0 aliphatic rings. The van der Waals surface area contributed by atoms with Crippen LogP contribution in [0.25, 0.3) is 11.3 Å². The van der Waals surface area contributed by atoms with Gasteiger partial charge in [0, 0.05) is 10.7 Å². The summed E-state index contributed by atoms with van der Waals surface area (Å²) in [6, 6.07) is 15.4. The minimum atomic E-state index is -0.0995. The number of aryl methyl sites for hydroxylation is 1. The predicted molar refractivity (Wildman–Crippen MR) is 99.6 cm³/mol. The Labute approximate surface area is 149 Å². The number of aromatic nitrogens is 2. The van der Waals surface area contributed by atoms with Crippen LogP contribution in [0, 0.1) is 6.92 Å². The van der Waals surface area contributed by atoms with Crippen molar-refractivity contribution in [2.75, 3.05) is 11.1 Å². The average Bonchev–Trinajstić information content (AvgIpc) is 3.06. The molecule has 0 saturated heterocycles. The summed E-state index contributed by atoms with van der Waals surface area (Å²) in [5.41, 5.74) is 3.67. The third-order valence-corrected chi connectivity index (χ3v) is 4.73. The molecule has 0 fully saturated rings. The topological polar surface area (TPSA) is 57.8 Å². The van der Waals surface area contributed by atoms with E-state index in [1.807, 2.05) is 49.4 Å². The number of halogens is 1. The number of hydrogen-bond acceptors (Lipinski definition) is 3. The Morgan fingerprint density at radius 1 is 1.25 bits per heavy atom. The quantitative estimate of drug-likeness (QED) is 0.647. The SMILES string of the molecule is Cc1ccc(NC(=O)CSc2ncc(-c3ccccc3)[nH]2)cc1Cl. The Morgan fingerprint density at radius 3 is 2.79 bits per heavy atom. The second-order valence-electron chi connectivity index (χ2n) is 5.27. The van der Waals surface area contributed by atoms with Crippen molar-refractivity contribution in [1.82, 2.24) is 9.97 Å². The van der Waals surface area contributed by atoms with E-state index in [4.69, 9.17) is 11.6 Å². The zero-order valence-electron chi connectivity index (χ0n) is 13.0. The Morgan fingerprint density at radius 2 is 2.04 bits per heavy atom. The molecule has 0 aliphatic heterocycles. The lowest BCUT2D eigenvalue weighted by Crippen LogP contribution is -2.14. The molecule has 3 aromatic rings. The summed E-state index contributed by atoms with van der Waals surface area (Å²) in [5.74, 6) is 0.172. The highest BCUT2D eigenvalue weighted by Crippen LogP contribution is 2.22. The van der Waals surface area contributed by atoms with Crippen molar-refractivity contribution in [2.45, 2.75) is 12.1 Å². The van der Waals surface area contributed by atoms with Gasteiger partial charge in [0.15, 0.2) is 5.16 Å². The predicted octanol–water partition coefficient (Wildman–Crippen LogP) is 4.77. The third kappa shape index (κ3) is 4.19. The molecule has 1 heterocycles. The number of nitrogens with one attached hydrogen (secondary N) is 2. The van der Waals surface area contributed by atoms with Gasteiger partial charge in [0.1, 0.15) is 0 Å². The largest absolute Gasteiger partial charge is 0.333 e. The number of hydrogen-bond donors (Lipinski definition) is 2. The number of imidazole rings is 1. The number of anilines is 1. The van der Waals surface area contributed by atoms with Crippen LogP contribution in [0.4, 0.5) is 5.69 Å². The fourth-order valence-electron chi connectivity index (χ4n) is 2.14. The Bertz CT molecular complexity index is 848. The molecular formula is C18H16ClN3OS. The van der Waals surface area contributed by atoms with Crippen LogP contribution in [-0.4, -0.2) is 21.6 Å². The molecule has 122 valence electrons. The van der Waals surface area contributed by atoms with Gasteiger partial charge in [-0.1, -0.05) is 59.8 Å². The van der Waals surface area contributed by atoms with Crippen LogP contribution >= 0.6 is 23.4 Å². The normalized spacial score (nSPS) is 10.6. The van der Waals surface area contributed by atoms with Crippen LogP contribution in [0.3, 0.4) is 0 Å². The van der Waals surface area contributed by atoms with E-state index < -0.39 is 0 Å². The highest BCUT2D eigenvalue weighted by molar-refractivity contribution is 7.99. The second-order valence-corrected chi connectivity index (χ2v) is 6.64. The first-order valence-electron chi connectivity index (χ1n) is 7.41. The molecule has 24 heavy (non-hydrogen) atoms. The minimum absolute atomic E-state index is 0.0995. The van der Waals surface area contributed by atoms with E-state index in [9.17, 15) is 4.79 Å². The fraction of sp³-hybridized carbons (Fsp3) is 0.111. The molecule has 1 aromatic heterocycles. The molecule has 3 rings (SSSR count). The number of rotatable bonds is 5. The summed E-state index contributed by atoms with van der Waals surface area (Å²) in [5, 5.41) is 4.18. The standard InChI is InChI=1S/C18H16ClN3OS/c1-12-7-8-14(9-15(12)19)21-17(23)11-24-18-20-10-16(22-18)13-5-3-2-4-6-13/h2-10H,11H2,1H3,(H,20,22)(H,21,23). The first kappa shape index (κ1) is 16.6. The first-order chi connectivity index (χ1) is 11.6. The number of benzene rings is 2. The molecule has 0 aliphatic carbocycles. The fourth-order valence-corrected chi connectivity index (χ4v) is 2.97. The maximum atomic E-state index is 12.0. The molecule has 2 N–H and O–H groups in total. The molecular weight excluding hydrogens is 342 g/mol. The number of carbonyl (C=O) groups excluding carboxylic acids is 1. The van der Waals surface area contributed by atoms with Gasteiger partial charge in [-0.2, -0.15) is 0 Å². The van der Waals surface area contributed by atoms with Crippen molar-refractivity contribution in [3.05, 3.63) is 65.3 Å². The van der Waals surface area contributed by atoms with Gasteiger partial charge in [-0.05, 0) is 30.2 Å². The van der Waals surface area contributed by atoms with Gasteiger partial charge < -0.3 is 10.3 Å². The van der Waals surface area contributed by atoms with Crippen LogP contribution in [0.5, 0.6) is 0 Å². The Balaban J connectivity index is 1.56. The van der Waals surface area contributed by atoms with E-state index in [0.29, 0.717) is 15.9 Å². The Hall–Kier alpha value is -2.24. The van der Waals surface area contributed by atoms with Crippen molar-refractivity contribution >= 4 is 35.0 Å². The average molecular weight is 358 g/mol. The summed E-state index contributed by atoms with van der Waals surface area (Å²) in [4.78, 5) is 19.6. The van der Waals surface area contributed by atoms with Gasteiger partial charge in [0.25, 0.3) is 0 Å². The van der Waals surface area contributed by atoms with Gasteiger partial charge >= 0.3 is 0 Å². The summed E-state index contributed by atoms with van der Waals surface area (Å²) < 4.78 is 0. The lowest BCUT2D eigenvalue weighted by Gasteiger charge is -2.06. The maximum absolute atomic E-state index is 12.0. The number of nitrogens with zero attached hydrogens (tertiary/aromatic N) is 1. The number of amides is 1. The molecule has 0 spiro atoms. The molecule has 0 unspecified atom stereocenters. The van der Waals surface area contributed by atoms with Crippen molar-refractivity contribution in [2.24, 2.45) is 0 Å². The number of H-pyrrole nitrogens is 1. The van der Waals surface area contributed by atoms with E-state index in [1.54, 1.807) is 12.3 Å². The van der Waals surface area contributed by atoms with Gasteiger partial charge in [-0.3, -0.25) is 4.79 Å². The molecule has 0 saturated carbocycles. The van der Waals surface area contributed by atoms with Crippen molar-refractivity contribution < 1.29 is 4.79 Å². The van der Waals surface area contributed by atoms with Crippen molar-refractivity contribution in [3.8, 4) is 11.3 Å². The minimum Gasteiger partial charge on any atom is -0.333 e. The van der Waals surface area contributed by atoms with E-state index in [2.05, 4.69) is 15.3 Å². The molecule has 6 heteroatoms. The van der Waals surface area contributed by atoms with Crippen LogP contribution in [0.15, 0.2) is 59.9 Å². The van der Waals surface area contributed by atoms with Crippen molar-refractivity contribution in [3.63, 3.8) is 0 Å². The van der Waals surface area contributed by atoms with Crippen LogP contribution < -0.4 is 5.32 Å². The third-order valence-electron chi connectivity index (χ3n) is 3.43. The maximum Gasteiger partial charge on any atom is 0.234 e. The number of carbonyl (C=O) groups is 1. The van der Waals surface area contributed by atoms with E-state index >= 15 is 0 Å². The summed E-state index contributed by atoms with van der Waals surface area (Å²) >= 11 is 7.42. The van der Waals surface area contributed by atoms with Gasteiger partial charge in [-0.15, -0.1) is 0 Å². The molecule has 1 amide bonds. The summed E-state index contributed by atoms with van der Waals surface area (Å²) in [6.07, 6.45) is 1.77. The van der Waals surface area contributed by atoms with Crippen LogP contribution in [0.2, 0.25) is 5.02 Å². The highest BCUT2D eigenvalue weighted by atomic mass is 35.5. The lowest BCUT2D eigenvalue weighted by atomic mass is 10.2.